The van der Waals surface area contributed by atoms with Crippen molar-refractivity contribution in [1.82, 2.24) is 4.67 Å². The molecule has 0 bridgehead atoms. The molecule has 0 aromatic heterocycles. The minimum absolute atomic E-state index is 0.506. The Bertz CT molecular complexity index is 190. The van der Waals surface area contributed by atoms with Crippen molar-refractivity contribution in [2.45, 2.75) is 6.92 Å². The van der Waals surface area contributed by atoms with Crippen LogP contribution < -0.4 is 0 Å². The van der Waals surface area contributed by atoms with Crippen molar-refractivity contribution in [2.24, 2.45) is 0 Å². The maximum atomic E-state index is 11.6. The second-order valence-corrected chi connectivity index (χ2v) is 4.57. The topological polar surface area (TPSA) is 29.5 Å². The molecule has 0 spiro atoms. The Morgan fingerprint density at radius 2 is 2.50 bits per heavy atom. The maximum Gasteiger partial charge on any atom is 0.294 e. The van der Waals surface area contributed by atoms with Gasteiger partial charge in [-0.1, -0.05) is 6.08 Å². The molecule has 0 saturated heterocycles. The molecule has 0 aromatic rings. The summed E-state index contributed by atoms with van der Waals surface area (Å²) >= 11 is 0. The highest BCUT2D eigenvalue weighted by Crippen LogP contribution is 2.54. The number of nitrogens with zero attached hydrogens (tertiary/aromatic N) is 1. The van der Waals surface area contributed by atoms with Crippen LogP contribution in [0.5, 0.6) is 0 Å². The Morgan fingerprint density at radius 1 is 1.80 bits per heavy atom. The zero-order chi connectivity index (χ0) is 7.61. The first-order valence-electron chi connectivity index (χ1n) is 3.32. The first kappa shape index (κ1) is 7.99. The summed E-state index contributed by atoms with van der Waals surface area (Å²) in [6.45, 7) is 3.09. The summed E-state index contributed by atoms with van der Waals surface area (Å²) in [7, 11) is -0.706. The van der Waals surface area contributed by atoms with Gasteiger partial charge in [0, 0.05) is 12.4 Å². The fourth-order valence-corrected chi connectivity index (χ4v) is 2.45. The smallest absolute Gasteiger partial charge is 0.294 e. The molecule has 10 heavy (non-hydrogen) atoms. The van der Waals surface area contributed by atoms with Gasteiger partial charge in [0.1, 0.15) is 0 Å². The molecular formula is C6H12NO2P. The lowest BCUT2D eigenvalue weighted by Crippen LogP contribution is -2.10. The Hall–Kier alpha value is -0.110. The summed E-state index contributed by atoms with van der Waals surface area (Å²) in [4.78, 5) is 0. The molecule has 1 aliphatic heterocycles. The fourth-order valence-electron chi connectivity index (χ4n) is 0.887. The van der Waals surface area contributed by atoms with Crippen LogP contribution in [-0.4, -0.2) is 24.9 Å². The third kappa shape index (κ3) is 1.31. The van der Waals surface area contributed by atoms with Crippen molar-refractivity contribution < 1.29 is 9.09 Å². The molecule has 0 amide bonds. The second kappa shape index (κ2) is 2.87. The SMILES string of the molecule is CCOP1(=O)C=CCN1C. The Kier molecular flexibility index (Phi) is 2.29. The zero-order valence-electron chi connectivity index (χ0n) is 6.28. The van der Waals surface area contributed by atoms with Crippen LogP contribution in [0, 0.1) is 0 Å². The van der Waals surface area contributed by atoms with E-state index in [1.165, 1.54) is 0 Å². The third-order valence-electron chi connectivity index (χ3n) is 1.45. The van der Waals surface area contributed by atoms with E-state index in [2.05, 4.69) is 0 Å². The third-order valence-corrected chi connectivity index (χ3v) is 3.78. The molecule has 0 N–H and O–H groups in total. The van der Waals surface area contributed by atoms with Crippen molar-refractivity contribution in [3.8, 4) is 0 Å². The van der Waals surface area contributed by atoms with Gasteiger partial charge in [0.25, 0.3) is 7.52 Å². The van der Waals surface area contributed by atoms with Gasteiger partial charge in [0.15, 0.2) is 0 Å². The van der Waals surface area contributed by atoms with Gasteiger partial charge >= 0.3 is 0 Å². The maximum absolute atomic E-state index is 11.6. The molecule has 0 aromatic carbocycles. The molecule has 0 aliphatic carbocycles. The van der Waals surface area contributed by atoms with E-state index in [-0.39, 0.29) is 0 Å². The molecule has 4 heteroatoms. The molecule has 0 fully saturated rings. The van der Waals surface area contributed by atoms with Gasteiger partial charge in [0.05, 0.1) is 6.61 Å². The van der Waals surface area contributed by atoms with Crippen LogP contribution in [0.4, 0.5) is 0 Å². The van der Waals surface area contributed by atoms with Gasteiger partial charge in [-0.25, -0.2) is 4.67 Å². The average molecular weight is 161 g/mol. The van der Waals surface area contributed by atoms with Gasteiger partial charge in [-0.2, -0.15) is 0 Å². The van der Waals surface area contributed by atoms with Crippen molar-refractivity contribution in [3.05, 3.63) is 11.9 Å². The number of hydrogen-bond acceptors (Lipinski definition) is 2. The summed E-state index contributed by atoms with van der Waals surface area (Å²) in [5.74, 6) is 1.66. The summed E-state index contributed by atoms with van der Waals surface area (Å²) in [5.41, 5.74) is 0. The van der Waals surface area contributed by atoms with E-state index in [0.29, 0.717) is 6.61 Å². The van der Waals surface area contributed by atoms with Crippen LogP contribution in [0.15, 0.2) is 11.9 Å². The Balaban J connectivity index is 2.66. The highest BCUT2D eigenvalue weighted by molar-refractivity contribution is 7.60. The standard InChI is InChI=1S/C6H12NO2P/c1-3-9-10(8)6-4-5-7(10)2/h4,6H,3,5H2,1-2H3. The minimum Gasteiger partial charge on any atom is -0.315 e. The molecule has 0 saturated carbocycles. The van der Waals surface area contributed by atoms with Crippen LogP contribution in [-0.2, 0) is 9.09 Å². The summed E-state index contributed by atoms with van der Waals surface area (Å²) in [6.07, 6.45) is 1.87. The lowest BCUT2D eigenvalue weighted by molar-refractivity contribution is 0.304. The van der Waals surface area contributed by atoms with Crippen LogP contribution >= 0.6 is 7.52 Å². The lowest BCUT2D eigenvalue weighted by Gasteiger charge is -2.17. The van der Waals surface area contributed by atoms with Crippen molar-refractivity contribution in [3.63, 3.8) is 0 Å². The number of rotatable bonds is 2. The van der Waals surface area contributed by atoms with Gasteiger partial charge < -0.3 is 4.52 Å². The van der Waals surface area contributed by atoms with Crippen LogP contribution in [0.25, 0.3) is 0 Å². The van der Waals surface area contributed by atoms with E-state index in [9.17, 15) is 4.57 Å². The van der Waals surface area contributed by atoms with E-state index in [4.69, 9.17) is 4.52 Å². The van der Waals surface area contributed by atoms with Crippen LogP contribution in [0.2, 0.25) is 0 Å². The first-order chi connectivity index (χ1) is 4.69. The predicted octanol–water partition coefficient (Wildman–Crippen LogP) is 1.68. The predicted molar refractivity (Wildman–Crippen MR) is 41.0 cm³/mol. The zero-order valence-corrected chi connectivity index (χ0v) is 7.17. The van der Waals surface area contributed by atoms with Gasteiger partial charge in [-0.05, 0) is 14.0 Å². The van der Waals surface area contributed by atoms with E-state index in [0.717, 1.165) is 6.54 Å². The molecule has 1 heterocycles. The average Bonchev–Trinajstić information content (AvgIpc) is 2.15. The molecule has 1 unspecified atom stereocenters. The molecule has 3 nitrogen and oxygen atoms in total. The van der Waals surface area contributed by atoms with E-state index in [1.807, 2.05) is 13.0 Å². The number of hydrogen-bond donors (Lipinski definition) is 0. The summed E-state index contributed by atoms with van der Waals surface area (Å²) in [5, 5.41) is 0. The Morgan fingerprint density at radius 3 is 2.90 bits per heavy atom. The largest absolute Gasteiger partial charge is 0.315 e. The number of likely N-dealkylation sites (N-methyl/N-ethyl adjacent to an activating group) is 1. The Labute approximate surface area is 61.2 Å². The molecular weight excluding hydrogens is 149 g/mol. The monoisotopic (exact) mass is 161 g/mol. The molecule has 1 aliphatic rings. The van der Waals surface area contributed by atoms with Crippen LogP contribution in [0.3, 0.4) is 0 Å². The molecule has 58 valence electrons. The normalized spacial score (nSPS) is 33.4. The highest BCUT2D eigenvalue weighted by atomic mass is 31.2. The van der Waals surface area contributed by atoms with Gasteiger partial charge in [0.2, 0.25) is 0 Å². The second-order valence-electron chi connectivity index (χ2n) is 2.21. The first-order valence-corrected chi connectivity index (χ1v) is 4.97. The molecule has 1 atom stereocenters. The van der Waals surface area contributed by atoms with E-state index >= 15 is 0 Å². The van der Waals surface area contributed by atoms with Crippen LogP contribution in [0.1, 0.15) is 6.92 Å². The molecule has 1 rings (SSSR count). The summed E-state index contributed by atoms with van der Waals surface area (Å²) < 4.78 is 18.4. The van der Waals surface area contributed by atoms with Crippen molar-refractivity contribution in [1.29, 1.82) is 0 Å². The quantitative estimate of drug-likeness (QED) is 0.577. The van der Waals surface area contributed by atoms with Gasteiger partial charge in [-0.15, -0.1) is 0 Å². The van der Waals surface area contributed by atoms with Crippen molar-refractivity contribution >= 4 is 7.52 Å². The lowest BCUT2D eigenvalue weighted by atomic mass is 10.6. The van der Waals surface area contributed by atoms with Gasteiger partial charge in [-0.3, -0.25) is 4.57 Å². The minimum atomic E-state index is -2.51. The van der Waals surface area contributed by atoms with E-state index < -0.39 is 7.52 Å². The molecule has 0 radical (unpaired) electrons. The van der Waals surface area contributed by atoms with Crippen molar-refractivity contribution in [2.75, 3.05) is 20.2 Å². The highest BCUT2D eigenvalue weighted by Gasteiger charge is 2.28. The summed E-state index contributed by atoms with van der Waals surface area (Å²) in [6, 6.07) is 0. The van der Waals surface area contributed by atoms with E-state index in [1.54, 1.807) is 17.5 Å². The fraction of sp³-hybridized carbons (Fsp3) is 0.667.